The Morgan fingerprint density at radius 2 is 2.00 bits per heavy atom. The number of methoxy groups -OCH3 is 1. The molecule has 1 aromatic rings. The molecule has 0 unspecified atom stereocenters. The topological polar surface area (TPSA) is 58.6 Å². The Labute approximate surface area is 106 Å². The number of rotatable bonds is 3. The van der Waals surface area contributed by atoms with E-state index in [2.05, 4.69) is 10.1 Å². The van der Waals surface area contributed by atoms with Gasteiger partial charge < -0.3 is 9.64 Å². The van der Waals surface area contributed by atoms with E-state index in [9.17, 15) is 9.59 Å². The van der Waals surface area contributed by atoms with Gasteiger partial charge in [0, 0.05) is 13.0 Å². The molecule has 0 aliphatic heterocycles. The first-order chi connectivity index (χ1) is 8.63. The summed E-state index contributed by atoms with van der Waals surface area (Å²) in [6, 6.07) is 7.48. The summed E-state index contributed by atoms with van der Waals surface area (Å²) in [5.74, 6) is -0.0170. The number of hydrogen-bond acceptors (Lipinski definition) is 3. The zero-order valence-corrected chi connectivity index (χ0v) is 10.5. The van der Waals surface area contributed by atoms with E-state index in [4.69, 9.17) is 0 Å². The molecule has 1 aliphatic carbocycles. The van der Waals surface area contributed by atoms with Gasteiger partial charge in [-0.1, -0.05) is 12.1 Å². The predicted molar refractivity (Wildman–Crippen MR) is 68.7 cm³/mol. The van der Waals surface area contributed by atoms with Crippen LogP contribution in [0.5, 0.6) is 0 Å². The molecule has 18 heavy (non-hydrogen) atoms. The highest BCUT2D eigenvalue weighted by molar-refractivity contribution is 5.99. The van der Waals surface area contributed by atoms with Crippen molar-refractivity contribution in [1.29, 1.82) is 0 Å². The smallest absolute Gasteiger partial charge is 0.411 e. The number of para-hydroxylation sites is 2. The molecule has 5 nitrogen and oxygen atoms in total. The second kappa shape index (κ2) is 5.08. The summed E-state index contributed by atoms with van der Waals surface area (Å²) in [4.78, 5) is 24.7. The Kier molecular flexibility index (Phi) is 3.50. The molecule has 1 saturated carbocycles. The molecule has 0 radical (unpaired) electrons. The highest BCUT2D eigenvalue weighted by Gasteiger charge is 2.33. The minimum atomic E-state index is -0.540. The third-order valence-corrected chi connectivity index (χ3v) is 2.84. The van der Waals surface area contributed by atoms with Crippen LogP contribution in [0.15, 0.2) is 24.3 Å². The van der Waals surface area contributed by atoms with Gasteiger partial charge in [-0.25, -0.2) is 4.79 Å². The summed E-state index contributed by atoms with van der Waals surface area (Å²) in [5, 5.41) is 2.62. The maximum absolute atomic E-state index is 11.7. The highest BCUT2D eigenvalue weighted by Crippen LogP contribution is 2.35. The number of ether oxygens (including phenoxy) is 1. The fourth-order valence-electron chi connectivity index (χ4n) is 1.91. The first kappa shape index (κ1) is 12.4. The summed E-state index contributed by atoms with van der Waals surface area (Å²) in [7, 11) is 1.31. The minimum absolute atomic E-state index is 0.0170. The number of carbonyl (C=O) groups excluding carboxylic acids is 2. The van der Waals surface area contributed by atoms with Gasteiger partial charge >= 0.3 is 6.09 Å². The van der Waals surface area contributed by atoms with Gasteiger partial charge in [0.05, 0.1) is 18.5 Å². The number of anilines is 2. The molecule has 96 valence electrons. The van der Waals surface area contributed by atoms with E-state index >= 15 is 0 Å². The van der Waals surface area contributed by atoms with Crippen molar-refractivity contribution in [2.75, 3.05) is 17.3 Å². The summed E-state index contributed by atoms with van der Waals surface area (Å²) < 4.78 is 4.57. The van der Waals surface area contributed by atoms with Gasteiger partial charge in [0.2, 0.25) is 5.91 Å². The molecule has 1 aliphatic rings. The van der Waals surface area contributed by atoms with Gasteiger partial charge in [-0.2, -0.15) is 0 Å². The van der Waals surface area contributed by atoms with E-state index in [-0.39, 0.29) is 11.9 Å². The fourth-order valence-corrected chi connectivity index (χ4v) is 1.91. The van der Waals surface area contributed by atoms with Crippen molar-refractivity contribution in [3.63, 3.8) is 0 Å². The molecule has 1 fully saturated rings. The van der Waals surface area contributed by atoms with Gasteiger partial charge in [0.1, 0.15) is 0 Å². The Morgan fingerprint density at radius 1 is 1.33 bits per heavy atom. The molecular weight excluding hydrogens is 232 g/mol. The number of benzene rings is 1. The standard InChI is InChI=1S/C13H16N2O3/c1-9(16)15(10-7-8-10)12-6-4-3-5-11(12)14-13(17)18-2/h3-6,10H,7-8H2,1-2H3,(H,14,17). The fraction of sp³-hybridized carbons (Fsp3) is 0.385. The molecule has 0 heterocycles. The SMILES string of the molecule is COC(=O)Nc1ccccc1N(C(C)=O)C1CC1. The van der Waals surface area contributed by atoms with Gasteiger partial charge in [-0.05, 0) is 25.0 Å². The highest BCUT2D eigenvalue weighted by atomic mass is 16.5. The summed E-state index contributed by atoms with van der Waals surface area (Å²) in [6.45, 7) is 1.53. The molecule has 0 saturated heterocycles. The predicted octanol–water partition coefficient (Wildman–Crippen LogP) is 2.38. The van der Waals surface area contributed by atoms with Crippen LogP contribution in [0.1, 0.15) is 19.8 Å². The number of amides is 2. The molecule has 1 N–H and O–H groups in total. The lowest BCUT2D eigenvalue weighted by molar-refractivity contribution is -0.116. The van der Waals surface area contributed by atoms with Gasteiger partial charge in [0.25, 0.3) is 0 Å². The number of hydrogen-bond donors (Lipinski definition) is 1. The Hall–Kier alpha value is -2.04. The van der Waals surface area contributed by atoms with E-state index in [1.54, 1.807) is 17.0 Å². The van der Waals surface area contributed by atoms with Gasteiger partial charge in [-0.3, -0.25) is 10.1 Å². The van der Waals surface area contributed by atoms with Crippen molar-refractivity contribution in [2.45, 2.75) is 25.8 Å². The number of nitrogens with zero attached hydrogens (tertiary/aromatic N) is 1. The van der Waals surface area contributed by atoms with Crippen LogP contribution in [0.4, 0.5) is 16.2 Å². The summed E-state index contributed by atoms with van der Waals surface area (Å²) in [6.07, 6.45) is 1.47. The Balaban J connectivity index is 2.30. The van der Waals surface area contributed by atoms with Crippen molar-refractivity contribution >= 4 is 23.4 Å². The minimum Gasteiger partial charge on any atom is -0.453 e. The average Bonchev–Trinajstić information content (AvgIpc) is 3.15. The first-order valence-electron chi connectivity index (χ1n) is 5.87. The summed E-state index contributed by atoms with van der Waals surface area (Å²) in [5.41, 5.74) is 1.31. The van der Waals surface area contributed by atoms with Crippen LogP contribution in [-0.2, 0) is 9.53 Å². The van der Waals surface area contributed by atoms with E-state index < -0.39 is 6.09 Å². The Morgan fingerprint density at radius 3 is 2.56 bits per heavy atom. The van der Waals surface area contributed by atoms with Crippen LogP contribution in [0.25, 0.3) is 0 Å². The monoisotopic (exact) mass is 248 g/mol. The van der Waals surface area contributed by atoms with E-state index in [1.807, 2.05) is 12.1 Å². The van der Waals surface area contributed by atoms with Gasteiger partial charge in [-0.15, -0.1) is 0 Å². The summed E-state index contributed by atoms with van der Waals surface area (Å²) >= 11 is 0. The maximum atomic E-state index is 11.7. The maximum Gasteiger partial charge on any atom is 0.411 e. The van der Waals surface area contributed by atoms with E-state index in [0.717, 1.165) is 18.5 Å². The van der Waals surface area contributed by atoms with Crippen LogP contribution < -0.4 is 10.2 Å². The third kappa shape index (κ3) is 2.61. The van der Waals surface area contributed by atoms with Gasteiger partial charge in [0.15, 0.2) is 0 Å². The van der Waals surface area contributed by atoms with Crippen LogP contribution in [0, 0.1) is 0 Å². The molecule has 1 aromatic carbocycles. The van der Waals surface area contributed by atoms with Crippen molar-refractivity contribution in [3.05, 3.63) is 24.3 Å². The molecule has 0 aromatic heterocycles. The van der Waals surface area contributed by atoms with Crippen molar-refractivity contribution in [3.8, 4) is 0 Å². The third-order valence-electron chi connectivity index (χ3n) is 2.84. The van der Waals surface area contributed by atoms with Crippen LogP contribution in [-0.4, -0.2) is 25.2 Å². The van der Waals surface area contributed by atoms with E-state index in [1.165, 1.54) is 14.0 Å². The lowest BCUT2D eigenvalue weighted by atomic mass is 10.2. The zero-order chi connectivity index (χ0) is 13.1. The number of nitrogens with one attached hydrogen (secondary N) is 1. The second-order valence-electron chi connectivity index (χ2n) is 4.25. The molecule has 0 bridgehead atoms. The van der Waals surface area contributed by atoms with Crippen molar-refractivity contribution in [1.82, 2.24) is 0 Å². The lowest BCUT2D eigenvalue weighted by Gasteiger charge is -2.23. The molecular formula is C13H16N2O3. The first-order valence-corrected chi connectivity index (χ1v) is 5.87. The molecule has 5 heteroatoms. The molecule has 0 atom stereocenters. The van der Waals surface area contributed by atoms with Crippen molar-refractivity contribution in [2.24, 2.45) is 0 Å². The lowest BCUT2D eigenvalue weighted by Crippen LogP contribution is -2.31. The molecule has 2 amide bonds. The quantitative estimate of drug-likeness (QED) is 0.893. The normalized spacial score (nSPS) is 13.9. The van der Waals surface area contributed by atoms with Crippen LogP contribution in [0.3, 0.4) is 0 Å². The largest absolute Gasteiger partial charge is 0.453 e. The molecule has 2 rings (SSSR count). The van der Waals surface area contributed by atoms with Crippen LogP contribution in [0.2, 0.25) is 0 Å². The van der Waals surface area contributed by atoms with Crippen molar-refractivity contribution < 1.29 is 14.3 Å². The average molecular weight is 248 g/mol. The van der Waals surface area contributed by atoms with Crippen LogP contribution >= 0.6 is 0 Å². The molecule has 0 spiro atoms. The second-order valence-corrected chi connectivity index (χ2v) is 4.25. The van der Waals surface area contributed by atoms with E-state index in [0.29, 0.717) is 5.69 Å². The number of carbonyl (C=O) groups is 2. The Bertz CT molecular complexity index is 469. The zero-order valence-electron chi connectivity index (χ0n) is 10.5.